The molecule has 2 aromatic rings. The van der Waals surface area contributed by atoms with Crippen molar-refractivity contribution in [2.45, 2.75) is 23.5 Å². The van der Waals surface area contributed by atoms with E-state index in [4.69, 9.17) is 9.84 Å². The van der Waals surface area contributed by atoms with Crippen molar-refractivity contribution in [3.63, 3.8) is 0 Å². The van der Waals surface area contributed by atoms with E-state index in [1.807, 2.05) is 54.6 Å². The van der Waals surface area contributed by atoms with Crippen LogP contribution in [0.1, 0.15) is 11.1 Å². The maximum absolute atomic E-state index is 11.6. The monoisotopic (exact) mass is 359 g/mol. The molecule has 0 heterocycles. The number of carbonyl (C=O) groups excluding carboxylic acids is 1. The minimum absolute atomic E-state index is 0.464. The lowest BCUT2D eigenvalue weighted by Gasteiger charge is -2.23. The third kappa shape index (κ3) is 6.15. The molecule has 0 saturated heterocycles. The van der Waals surface area contributed by atoms with Crippen molar-refractivity contribution in [2.24, 2.45) is 0 Å². The number of aldehydes is 1. The van der Waals surface area contributed by atoms with Crippen LogP contribution < -0.4 is 10.1 Å². The molecular weight excluding hydrogens is 338 g/mol. The smallest absolute Gasteiger partial charge is 0.404 e. The molecule has 6 heteroatoms. The van der Waals surface area contributed by atoms with Gasteiger partial charge >= 0.3 is 6.09 Å². The summed E-state index contributed by atoms with van der Waals surface area (Å²) < 4.78 is 5.13. The van der Waals surface area contributed by atoms with Gasteiger partial charge in [-0.2, -0.15) is 0 Å². The Morgan fingerprint density at radius 2 is 1.84 bits per heavy atom. The first-order chi connectivity index (χ1) is 12.1. The minimum Gasteiger partial charge on any atom is -0.497 e. The molecule has 132 valence electrons. The van der Waals surface area contributed by atoms with E-state index in [1.165, 1.54) is 11.8 Å². The summed E-state index contributed by atoms with van der Waals surface area (Å²) in [4.78, 5) is 22.7. The number of hydrogen-bond donors (Lipinski definition) is 2. The Balaban J connectivity index is 2.03. The summed E-state index contributed by atoms with van der Waals surface area (Å²) in [5, 5.41) is 11.1. The number of carboxylic acid groups (broad SMARTS) is 1. The Hall–Kier alpha value is -2.47. The summed E-state index contributed by atoms with van der Waals surface area (Å²) in [7, 11) is 1.61. The number of carbonyl (C=O) groups is 2. The van der Waals surface area contributed by atoms with Crippen molar-refractivity contribution >= 4 is 24.1 Å². The minimum atomic E-state index is -1.13. The molecule has 0 aliphatic heterocycles. The summed E-state index contributed by atoms with van der Waals surface area (Å²) in [5.74, 6) is 1.38. The first kappa shape index (κ1) is 18.9. The molecule has 0 saturated carbocycles. The van der Waals surface area contributed by atoms with Crippen LogP contribution in [0.2, 0.25) is 0 Å². The lowest BCUT2D eigenvalue weighted by Crippen LogP contribution is -2.43. The van der Waals surface area contributed by atoms with E-state index in [0.29, 0.717) is 12.2 Å². The van der Waals surface area contributed by atoms with Crippen molar-refractivity contribution in [3.05, 3.63) is 65.7 Å². The zero-order chi connectivity index (χ0) is 18.1. The van der Waals surface area contributed by atoms with Gasteiger partial charge in [-0.05, 0) is 29.7 Å². The average molecular weight is 359 g/mol. The second-order valence-corrected chi connectivity index (χ2v) is 6.67. The maximum Gasteiger partial charge on any atom is 0.404 e. The molecule has 0 radical (unpaired) electrons. The molecule has 1 unspecified atom stereocenters. The molecule has 0 aliphatic carbocycles. The highest BCUT2D eigenvalue weighted by Gasteiger charge is 2.23. The molecular formula is C19H21NO4S. The summed E-state index contributed by atoms with van der Waals surface area (Å²) in [6.45, 7) is 0. The zero-order valence-electron chi connectivity index (χ0n) is 13.9. The van der Waals surface area contributed by atoms with Crippen LogP contribution in [0, 0.1) is 0 Å². The van der Waals surface area contributed by atoms with Crippen LogP contribution in [-0.2, 0) is 17.0 Å². The molecule has 0 spiro atoms. The fourth-order valence-electron chi connectivity index (χ4n) is 2.44. The van der Waals surface area contributed by atoms with Crippen molar-refractivity contribution in [1.29, 1.82) is 0 Å². The number of rotatable bonds is 9. The number of thioether (sulfide) groups is 1. The number of amides is 1. The van der Waals surface area contributed by atoms with Crippen LogP contribution in [0.25, 0.3) is 0 Å². The first-order valence-electron chi connectivity index (χ1n) is 7.85. The van der Waals surface area contributed by atoms with E-state index in [9.17, 15) is 9.59 Å². The Morgan fingerprint density at radius 3 is 2.40 bits per heavy atom. The zero-order valence-corrected chi connectivity index (χ0v) is 14.7. The Labute approximate surface area is 151 Å². The first-order valence-corrected chi connectivity index (χ1v) is 8.90. The molecule has 1 amide bonds. The van der Waals surface area contributed by atoms with E-state index in [1.54, 1.807) is 7.11 Å². The van der Waals surface area contributed by atoms with E-state index in [-0.39, 0.29) is 0 Å². The van der Waals surface area contributed by atoms with Crippen LogP contribution in [-0.4, -0.2) is 35.9 Å². The number of ether oxygens (including phenoxy) is 1. The van der Waals surface area contributed by atoms with E-state index in [2.05, 4.69) is 5.32 Å². The molecule has 2 rings (SSSR count). The predicted molar refractivity (Wildman–Crippen MR) is 99.2 cm³/mol. The van der Waals surface area contributed by atoms with E-state index >= 15 is 0 Å². The van der Waals surface area contributed by atoms with E-state index in [0.717, 1.165) is 23.2 Å². The van der Waals surface area contributed by atoms with Crippen molar-refractivity contribution in [2.75, 3.05) is 7.11 Å². The topological polar surface area (TPSA) is 75.6 Å². The highest BCUT2D eigenvalue weighted by Crippen LogP contribution is 2.23. The lowest BCUT2D eigenvalue weighted by atomic mass is 10.0. The maximum atomic E-state index is 11.6. The van der Waals surface area contributed by atoms with Gasteiger partial charge in [0.25, 0.3) is 0 Å². The third-order valence-corrected chi connectivity index (χ3v) is 5.06. The second kappa shape index (κ2) is 9.74. The fraction of sp³-hybridized carbons (Fsp3) is 0.263. The number of benzene rings is 2. The molecule has 2 aromatic carbocycles. The third-order valence-electron chi connectivity index (χ3n) is 3.74. The van der Waals surface area contributed by atoms with E-state index < -0.39 is 17.4 Å². The molecule has 0 aromatic heterocycles. The molecule has 0 aliphatic rings. The van der Waals surface area contributed by atoms with Crippen molar-refractivity contribution in [1.82, 2.24) is 5.32 Å². The molecule has 0 fully saturated rings. The highest BCUT2D eigenvalue weighted by molar-refractivity contribution is 7.99. The molecule has 2 N–H and O–H groups in total. The number of methoxy groups -OCH3 is 1. The molecule has 5 nitrogen and oxygen atoms in total. The fourth-order valence-corrected chi connectivity index (χ4v) is 3.49. The summed E-state index contributed by atoms with van der Waals surface area (Å²) in [6, 6.07) is 16.7. The summed E-state index contributed by atoms with van der Waals surface area (Å²) in [6.07, 6.45) is 0.155. The summed E-state index contributed by atoms with van der Waals surface area (Å²) in [5.41, 5.74) is 2.03. The quantitative estimate of drug-likeness (QED) is 0.672. The molecule has 2 atom stereocenters. The largest absolute Gasteiger partial charge is 0.497 e. The van der Waals surface area contributed by atoms with Crippen LogP contribution >= 0.6 is 11.8 Å². The highest BCUT2D eigenvalue weighted by atomic mass is 32.2. The van der Waals surface area contributed by atoms with Crippen LogP contribution in [0.5, 0.6) is 5.75 Å². The standard InChI is InChI=1S/C19H21NO4S/c1-24-16-9-7-15(8-10-16)13-25-18(12-21)17(20-19(22)23)11-14-5-3-2-4-6-14/h2-10,12,17-18,20H,11,13H2,1H3,(H,22,23)/t17-,18?/m1/s1. The molecule has 0 bridgehead atoms. The predicted octanol–water partition coefficient (Wildman–Crippen LogP) is 3.37. The van der Waals surface area contributed by atoms with Crippen LogP contribution in [0.4, 0.5) is 4.79 Å². The van der Waals surface area contributed by atoms with Crippen LogP contribution in [0.3, 0.4) is 0 Å². The van der Waals surface area contributed by atoms with Gasteiger partial charge in [-0.25, -0.2) is 4.79 Å². The van der Waals surface area contributed by atoms with Gasteiger partial charge in [0.1, 0.15) is 12.0 Å². The van der Waals surface area contributed by atoms with Gasteiger partial charge < -0.3 is 20.0 Å². The SMILES string of the molecule is COc1ccc(CSC(C=O)[C@@H](Cc2ccccc2)NC(=O)O)cc1. The van der Waals surface area contributed by atoms with Gasteiger partial charge in [-0.1, -0.05) is 42.5 Å². The lowest BCUT2D eigenvalue weighted by molar-refractivity contribution is -0.107. The van der Waals surface area contributed by atoms with Gasteiger partial charge in [-0.15, -0.1) is 11.8 Å². The summed E-state index contributed by atoms with van der Waals surface area (Å²) >= 11 is 1.42. The Bertz CT molecular complexity index is 676. The van der Waals surface area contributed by atoms with Crippen molar-refractivity contribution in [3.8, 4) is 5.75 Å². The van der Waals surface area contributed by atoms with Gasteiger partial charge in [0.2, 0.25) is 0 Å². The number of hydrogen-bond acceptors (Lipinski definition) is 4. The van der Waals surface area contributed by atoms with Crippen LogP contribution in [0.15, 0.2) is 54.6 Å². The Morgan fingerprint density at radius 1 is 1.16 bits per heavy atom. The second-order valence-electron chi connectivity index (χ2n) is 5.51. The van der Waals surface area contributed by atoms with Gasteiger partial charge in [0, 0.05) is 5.75 Å². The van der Waals surface area contributed by atoms with Gasteiger partial charge in [0.05, 0.1) is 18.4 Å². The average Bonchev–Trinajstić information content (AvgIpc) is 2.63. The molecule has 25 heavy (non-hydrogen) atoms. The van der Waals surface area contributed by atoms with Crippen molar-refractivity contribution < 1.29 is 19.4 Å². The number of nitrogens with one attached hydrogen (secondary N) is 1. The van der Waals surface area contributed by atoms with Gasteiger partial charge in [-0.3, -0.25) is 0 Å². The van der Waals surface area contributed by atoms with Gasteiger partial charge in [0.15, 0.2) is 0 Å². The Kier molecular flexibility index (Phi) is 7.35. The normalized spacial score (nSPS) is 12.8.